The number of benzene rings is 1. The highest BCUT2D eigenvalue weighted by Gasteiger charge is 2.04. The number of hydrogen-bond acceptors (Lipinski definition) is 4. The molecular formula is C12H8Cl2N4. The Labute approximate surface area is 114 Å². The molecule has 2 rings (SSSR count). The summed E-state index contributed by atoms with van der Waals surface area (Å²) < 4.78 is 0. The van der Waals surface area contributed by atoms with E-state index < -0.39 is 0 Å². The monoisotopic (exact) mass is 278 g/mol. The summed E-state index contributed by atoms with van der Waals surface area (Å²) in [6, 6.07) is 8.61. The maximum absolute atomic E-state index is 8.83. The van der Waals surface area contributed by atoms with Crippen molar-refractivity contribution in [2.24, 2.45) is 0 Å². The van der Waals surface area contributed by atoms with Gasteiger partial charge in [0, 0.05) is 21.4 Å². The molecule has 4 nitrogen and oxygen atoms in total. The van der Waals surface area contributed by atoms with E-state index in [2.05, 4.69) is 15.3 Å². The Morgan fingerprint density at radius 1 is 1.11 bits per heavy atom. The molecule has 0 saturated carbocycles. The van der Waals surface area contributed by atoms with Gasteiger partial charge in [-0.3, -0.25) is 0 Å². The second kappa shape index (κ2) is 5.21. The predicted octanol–water partition coefficient (Wildman–Crippen LogP) is 3.71. The van der Waals surface area contributed by atoms with E-state index in [-0.39, 0.29) is 0 Å². The van der Waals surface area contributed by atoms with Gasteiger partial charge >= 0.3 is 0 Å². The van der Waals surface area contributed by atoms with Crippen molar-refractivity contribution in [2.75, 3.05) is 5.32 Å². The van der Waals surface area contributed by atoms with Crippen molar-refractivity contribution in [1.82, 2.24) is 9.97 Å². The fourth-order valence-corrected chi connectivity index (χ4v) is 1.96. The molecule has 0 aliphatic rings. The lowest BCUT2D eigenvalue weighted by molar-refractivity contribution is 1.09. The van der Waals surface area contributed by atoms with Crippen molar-refractivity contribution in [3.63, 3.8) is 0 Å². The summed E-state index contributed by atoms with van der Waals surface area (Å²) in [5.41, 5.74) is 1.68. The summed E-state index contributed by atoms with van der Waals surface area (Å²) in [7, 11) is 0. The average Bonchev–Trinajstić information content (AvgIpc) is 2.26. The van der Waals surface area contributed by atoms with Crippen LogP contribution in [0.5, 0.6) is 0 Å². The fraction of sp³-hybridized carbons (Fsp3) is 0.0833. The van der Waals surface area contributed by atoms with E-state index in [1.54, 1.807) is 31.2 Å². The fourth-order valence-electron chi connectivity index (χ4n) is 1.44. The molecule has 0 aliphatic carbocycles. The minimum Gasteiger partial charge on any atom is -0.324 e. The van der Waals surface area contributed by atoms with Crippen molar-refractivity contribution in [3.8, 4) is 6.07 Å². The molecule has 1 N–H and O–H groups in total. The highest BCUT2D eigenvalue weighted by atomic mass is 35.5. The number of aryl methyl sites for hydroxylation is 1. The van der Waals surface area contributed by atoms with E-state index in [1.807, 2.05) is 6.07 Å². The first-order valence-electron chi connectivity index (χ1n) is 5.06. The first-order chi connectivity index (χ1) is 8.56. The molecule has 6 heteroatoms. The Bertz CT molecular complexity index is 614. The van der Waals surface area contributed by atoms with Crippen LogP contribution in [-0.2, 0) is 0 Å². The van der Waals surface area contributed by atoms with Crippen LogP contribution < -0.4 is 5.32 Å². The first-order valence-corrected chi connectivity index (χ1v) is 5.81. The van der Waals surface area contributed by atoms with Crippen LogP contribution in [0.25, 0.3) is 0 Å². The van der Waals surface area contributed by atoms with Crippen LogP contribution in [0.2, 0.25) is 10.0 Å². The maximum atomic E-state index is 8.83. The van der Waals surface area contributed by atoms with Crippen LogP contribution in [0, 0.1) is 18.3 Å². The van der Waals surface area contributed by atoms with Crippen LogP contribution in [0.4, 0.5) is 11.6 Å². The van der Waals surface area contributed by atoms with E-state index in [1.165, 1.54) is 0 Å². The van der Waals surface area contributed by atoms with E-state index in [4.69, 9.17) is 28.5 Å². The summed E-state index contributed by atoms with van der Waals surface area (Å²) in [4.78, 5) is 8.21. The maximum Gasteiger partial charge on any atom is 0.228 e. The number of anilines is 2. The minimum absolute atomic E-state index is 0.304. The summed E-state index contributed by atoms with van der Waals surface area (Å²) in [6.07, 6.45) is 0. The van der Waals surface area contributed by atoms with Gasteiger partial charge in [0.2, 0.25) is 5.95 Å². The number of aromatic nitrogens is 2. The van der Waals surface area contributed by atoms with Crippen molar-refractivity contribution in [3.05, 3.63) is 45.7 Å². The molecule has 0 radical (unpaired) electrons. The average molecular weight is 279 g/mol. The third kappa shape index (κ3) is 3.10. The van der Waals surface area contributed by atoms with Crippen molar-refractivity contribution < 1.29 is 0 Å². The number of nitrogens with one attached hydrogen (secondary N) is 1. The molecular weight excluding hydrogens is 271 g/mol. The number of nitriles is 1. The van der Waals surface area contributed by atoms with Gasteiger partial charge in [-0.05, 0) is 31.2 Å². The SMILES string of the molecule is Cc1cc(C#N)nc(Nc2cc(Cl)cc(Cl)c2)n1. The van der Waals surface area contributed by atoms with Gasteiger partial charge < -0.3 is 5.32 Å². The van der Waals surface area contributed by atoms with Gasteiger partial charge in [-0.2, -0.15) is 5.26 Å². The Morgan fingerprint density at radius 2 is 1.78 bits per heavy atom. The second-order valence-corrected chi connectivity index (χ2v) is 4.49. The molecule has 1 aromatic heterocycles. The van der Waals surface area contributed by atoms with Crippen LogP contribution >= 0.6 is 23.2 Å². The van der Waals surface area contributed by atoms with Gasteiger partial charge in [0.05, 0.1) is 0 Å². The Kier molecular flexibility index (Phi) is 3.66. The molecule has 0 spiro atoms. The Morgan fingerprint density at radius 3 is 2.39 bits per heavy atom. The number of nitrogens with zero attached hydrogens (tertiary/aromatic N) is 3. The Balaban J connectivity index is 2.34. The molecule has 0 saturated heterocycles. The van der Waals surface area contributed by atoms with Crippen LogP contribution in [0.15, 0.2) is 24.3 Å². The van der Waals surface area contributed by atoms with Crippen LogP contribution in [-0.4, -0.2) is 9.97 Å². The topological polar surface area (TPSA) is 61.6 Å². The van der Waals surface area contributed by atoms with E-state index >= 15 is 0 Å². The molecule has 0 unspecified atom stereocenters. The summed E-state index contributed by atoms with van der Waals surface area (Å²) in [5, 5.41) is 12.8. The molecule has 90 valence electrons. The second-order valence-electron chi connectivity index (χ2n) is 3.61. The van der Waals surface area contributed by atoms with Crippen LogP contribution in [0.3, 0.4) is 0 Å². The zero-order chi connectivity index (χ0) is 13.1. The van der Waals surface area contributed by atoms with Crippen LogP contribution in [0.1, 0.15) is 11.4 Å². The number of rotatable bonds is 2. The molecule has 1 aromatic carbocycles. The quantitative estimate of drug-likeness (QED) is 0.910. The minimum atomic E-state index is 0.304. The van der Waals surface area contributed by atoms with Gasteiger partial charge in [0.1, 0.15) is 11.8 Å². The lowest BCUT2D eigenvalue weighted by Crippen LogP contribution is -2.00. The molecule has 1 heterocycles. The molecule has 2 aromatic rings. The zero-order valence-corrected chi connectivity index (χ0v) is 10.9. The van der Waals surface area contributed by atoms with E-state index in [0.717, 1.165) is 0 Å². The summed E-state index contributed by atoms with van der Waals surface area (Å²) in [5.74, 6) is 0.338. The van der Waals surface area contributed by atoms with Crippen molar-refractivity contribution in [2.45, 2.75) is 6.92 Å². The zero-order valence-electron chi connectivity index (χ0n) is 9.41. The number of halogens is 2. The third-order valence-electron chi connectivity index (χ3n) is 2.09. The molecule has 18 heavy (non-hydrogen) atoms. The lowest BCUT2D eigenvalue weighted by atomic mass is 10.3. The van der Waals surface area contributed by atoms with Gasteiger partial charge in [0.15, 0.2) is 0 Å². The van der Waals surface area contributed by atoms with Crippen molar-refractivity contribution in [1.29, 1.82) is 5.26 Å². The van der Waals surface area contributed by atoms with Gasteiger partial charge in [0.25, 0.3) is 0 Å². The molecule has 0 aliphatic heterocycles. The standard InChI is InChI=1S/C12H8Cl2N4/c1-7-2-11(6-15)18-12(16-7)17-10-4-8(13)3-9(14)5-10/h2-5H,1H3,(H,16,17,18). The number of hydrogen-bond donors (Lipinski definition) is 1. The molecule has 0 bridgehead atoms. The smallest absolute Gasteiger partial charge is 0.228 e. The normalized spacial score (nSPS) is 9.89. The predicted molar refractivity (Wildman–Crippen MR) is 71.2 cm³/mol. The molecule has 0 fully saturated rings. The summed E-state index contributed by atoms with van der Waals surface area (Å²) in [6.45, 7) is 1.79. The van der Waals surface area contributed by atoms with Crippen molar-refractivity contribution >= 4 is 34.8 Å². The highest BCUT2D eigenvalue weighted by molar-refractivity contribution is 6.35. The van der Waals surface area contributed by atoms with Gasteiger partial charge in [-0.15, -0.1) is 0 Å². The molecule has 0 atom stereocenters. The highest BCUT2D eigenvalue weighted by Crippen LogP contribution is 2.24. The first kappa shape index (κ1) is 12.6. The van der Waals surface area contributed by atoms with E-state index in [9.17, 15) is 0 Å². The van der Waals surface area contributed by atoms with E-state index in [0.29, 0.717) is 33.1 Å². The lowest BCUT2D eigenvalue weighted by Gasteiger charge is -2.06. The Hall–Kier alpha value is -1.83. The van der Waals surface area contributed by atoms with Gasteiger partial charge in [-0.1, -0.05) is 23.2 Å². The largest absolute Gasteiger partial charge is 0.324 e. The third-order valence-corrected chi connectivity index (χ3v) is 2.52. The van der Waals surface area contributed by atoms with Gasteiger partial charge in [-0.25, -0.2) is 9.97 Å². The summed E-state index contributed by atoms with van der Waals surface area (Å²) >= 11 is 11.8. The molecule has 0 amide bonds.